The van der Waals surface area contributed by atoms with E-state index in [2.05, 4.69) is 11.1 Å². The molecule has 31 heavy (non-hydrogen) atoms. The summed E-state index contributed by atoms with van der Waals surface area (Å²) in [7, 11) is 3.13. The van der Waals surface area contributed by atoms with Crippen LogP contribution in [0.25, 0.3) is 22.4 Å². The number of anilines is 1. The first-order valence-corrected chi connectivity index (χ1v) is 9.34. The number of hydrogen-bond acceptors (Lipinski definition) is 7. The molecule has 0 saturated heterocycles. The van der Waals surface area contributed by atoms with Crippen LogP contribution < -0.4 is 25.7 Å². The zero-order valence-electron chi connectivity index (χ0n) is 17.4. The Hall–Kier alpha value is -4.25. The lowest BCUT2D eigenvalue weighted by Gasteiger charge is -2.17. The van der Waals surface area contributed by atoms with Gasteiger partial charge in [-0.05, 0) is 37.3 Å². The van der Waals surface area contributed by atoms with Crippen LogP contribution in [0.3, 0.4) is 0 Å². The Morgan fingerprint density at radius 1 is 1.06 bits per heavy atom. The monoisotopic (exact) mass is 418 g/mol. The highest BCUT2D eigenvalue weighted by atomic mass is 16.5. The summed E-state index contributed by atoms with van der Waals surface area (Å²) in [4.78, 5) is 15.5. The van der Waals surface area contributed by atoms with Gasteiger partial charge in [-0.3, -0.25) is 4.79 Å². The van der Waals surface area contributed by atoms with E-state index in [4.69, 9.17) is 25.7 Å². The molecule has 0 aliphatic carbocycles. The van der Waals surface area contributed by atoms with Crippen molar-refractivity contribution in [3.63, 3.8) is 0 Å². The molecule has 1 aromatic heterocycles. The van der Waals surface area contributed by atoms with Crippen LogP contribution in [0.1, 0.15) is 11.1 Å². The molecule has 8 nitrogen and oxygen atoms in total. The SMILES string of the molecule is COc1ccc(-c2cc(-c3ccccc3OCC(N)=O)nc(N)c2C#N)c(OC)c1C. The molecular weight excluding hydrogens is 396 g/mol. The van der Waals surface area contributed by atoms with E-state index in [-0.39, 0.29) is 18.0 Å². The molecule has 8 heteroatoms. The highest BCUT2D eigenvalue weighted by Gasteiger charge is 2.20. The number of amides is 1. The fraction of sp³-hybridized carbons (Fsp3) is 0.174. The van der Waals surface area contributed by atoms with E-state index in [0.717, 1.165) is 5.56 Å². The average molecular weight is 418 g/mol. The van der Waals surface area contributed by atoms with Crippen molar-refractivity contribution in [1.82, 2.24) is 4.98 Å². The van der Waals surface area contributed by atoms with Crippen molar-refractivity contribution in [2.75, 3.05) is 26.6 Å². The van der Waals surface area contributed by atoms with E-state index in [1.54, 1.807) is 56.7 Å². The largest absolute Gasteiger partial charge is 0.496 e. The summed E-state index contributed by atoms with van der Waals surface area (Å²) in [6.45, 7) is 1.59. The Morgan fingerprint density at radius 3 is 2.45 bits per heavy atom. The minimum atomic E-state index is -0.596. The first-order chi connectivity index (χ1) is 14.9. The van der Waals surface area contributed by atoms with Crippen LogP contribution in [0.15, 0.2) is 42.5 Å². The van der Waals surface area contributed by atoms with Gasteiger partial charge in [0, 0.05) is 22.3 Å². The van der Waals surface area contributed by atoms with Crippen molar-refractivity contribution < 1.29 is 19.0 Å². The number of carbonyl (C=O) groups is 1. The summed E-state index contributed by atoms with van der Waals surface area (Å²) in [6, 6.07) is 14.5. The molecule has 0 saturated carbocycles. The van der Waals surface area contributed by atoms with Crippen LogP contribution in [0.2, 0.25) is 0 Å². The highest BCUT2D eigenvalue weighted by molar-refractivity contribution is 5.85. The number of methoxy groups -OCH3 is 2. The minimum Gasteiger partial charge on any atom is -0.496 e. The van der Waals surface area contributed by atoms with E-state index in [0.29, 0.717) is 39.6 Å². The molecule has 158 valence electrons. The second-order valence-corrected chi connectivity index (χ2v) is 6.65. The van der Waals surface area contributed by atoms with Crippen LogP contribution in [-0.2, 0) is 4.79 Å². The number of rotatable bonds is 7. The second-order valence-electron chi connectivity index (χ2n) is 6.65. The molecule has 0 spiro atoms. The number of pyridine rings is 1. The Bertz CT molecular complexity index is 1180. The first-order valence-electron chi connectivity index (χ1n) is 9.34. The maximum Gasteiger partial charge on any atom is 0.255 e. The van der Waals surface area contributed by atoms with Crippen molar-refractivity contribution in [2.45, 2.75) is 6.92 Å². The summed E-state index contributed by atoms with van der Waals surface area (Å²) < 4.78 is 16.5. The standard InChI is InChI=1S/C23H22N4O4/c1-13-19(29-2)9-8-14(22(13)30-3)16-10-18(27-23(26)17(16)11-24)15-6-4-5-7-20(15)31-12-21(25)28/h4-10H,12H2,1-3H3,(H2,25,28)(H2,26,27). The molecule has 0 bridgehead atoms. The number of nitriles is 1. The lowest BCUT2D eigenvalue weighted by Crippen LogP contribution is -2.20. The number of carbonyl (C=O) groups excluding carboxylic acids is 1. The van der Waals surface area contributed by atoms with Gasteiger partial charge in [0.2, 0.25) is 0 Å². The number of nitrogen functional groups attached to an aromatic ring is 1. The van der Waals surface area contributed by atoms with E-state index in [9.17, 15) is 10.1 Å². The third kappa shape index (κ3) is 4.21. The normalized spacial score (nSPS) is 10.3. The van der Waals surface area contributed by atoms with Gasteiger partial charge in [0.1, 0.15) is 34.7 Å². The van der Waals surface area contributed by atoms with E-state index >= 15 is 0 Å². The first kappa shape index (κ1) is 21.5. The van der Waals surface area contributed by atoms with Gasteiger partial charge < -0.3 is 25.7 Å². The molecule has 2 aromatic carbocycles. The lowest BCUT2D eigenvalue weighted by molar-refractivity contribution is -0.119. The Morgan fingerprint density at radius 2 is 1.81 bits per heavy atom. The number of hydrogen-bond donors (Lipinski definition) is 2. The van der Waals surface area contributed by atoms with Crippen molar-refractivity contribution in [1.29, 1.82) is 5.26 Å². The lowest BCUT2D eigenvalue weighted by atomic mass is 9.95. The molecule has 1 amide bonds. The van der Waals surface area contributed by atoms with Crippen molar-refractivity contribution >= 4 is 11.7 Å². The Labute approximate surface area is 180 Å². The van der Waals surface area contributed by atoms with Crippen molar-refractivity contribution in [3.05, 3.63) is 53.6 Å². The molecule has 0 radical (unpaired) electrons. The van der Waals surface area contributed by atoms with E-state index < -0.39 is 5.91 Å². The Kier molecular flexibility index (Phi) is 6.26. The number of ether oxygens (including phenoxy) is 3. The Balaban J connectivity index is 2.24. The van der Waals surface area contributed by atoms with Gasteiger partial charge in [-0.15, -0.1) is 0 Å². The smallest absolute Gasteiger partial charge is 0.255 e. The third-order valence-corrected chi connectivity index (χ3v) is 4.76. The summed E-state index contributed by atoms with van der Waals surface area (Å²) in [6.07, 6.45) is 0. The van der Waals surface area contributed by atoms with Gasteiger partial charge in [-0.2, -0.15) is 5.26 Å². The summed E-state index contributed by atoms with van der Waals surface area (Å²) in [5, 5.41) is 9.74. The van der Waals surface area contributed by atoms with Crippen molar-refractivity contribution in [2.24, 2.45) is 5.73 Å². The molecule has 0 aliphatic heterocycles. The average Bonchev–Trinajstić information content (AvgIpc) is 2.77. The molecule has 0 aliphatic rings. The van der Waals surface area contributed by atoms with Gasteiger partial charge in [0.15, 0.2) is 6.61 Å². The predicted molar refractivity (Wildman–Crippen MR) is 117 cm³/mol. The van der Waals surface area contributed by atoms with Crippen LogP contribution >= 0.6 is 0 Å². The number of nitrogens with zero attached hydrogens (tertiary/aromatic N) is 2. The molecule has 3 rings (SSSR count). The van der Waals surface area contributed by atoms with Gasteiger partial charge in [-0.1, -0.05) is 12.1 Å². The third-order valence-electron chi connectivity index (χ3n) is 4.76. The van der Waals surface area contributed by atoms with Gasteiger partial charge in [-0.25, -0.2) is 4.98 Å². The molecule has 4 N–H and O–H groups in total. The maximum atomic E-state index is 11.2. The fourth-order valence-corrected chi connectivity index (χ4v) is 3.36. The molecule has 1 heterocycles. The molecule has 0 fully saturated rings. The number of benzene rings is 2. The molecular formula is C23H22N4O4. The highest BCUT2D eigenvalue weighted by Crippen LogP contribution is 2.42. The van der Waals surface area contributed by atoms with Crippen LogP contribution in [0.5, 0.6) is 17.2 Å². The van der Waals surface area contributed by atoms with Crippen LogP contribution in [-0.4, -0.2) is 31.7 Å². The number of primary amides is 1. The van der Waals surface area contributed by atoms with Gasteiger partial charge in [0.25, 0.3) is 5.91 Å². The molecule has 0 atom stereocenters. The quantitative estimate of drug-likeness (QED) is 0.602. The van der Waals surface area contributed by atoms with E-state index in [1.165, 1.54) is 0 Å². The van der Waals surface area contributed by atoms with Crippen molar-refractivity contribution in [3.8, 4) is 45.7 Å². The zero-order chi connectivity index (χ0) is 22.5. The molecule has 3 aromatic rings. The summed E-state index contributed by atoms with van der Waals surface area (Å²) in [5.41, 5.74) is 14.7. The van der Waals surface area contributed by atoms with Gasteiger partial charge in [0.05, 0.1) is 19.9 Å². The fourth-order valence-electron chi connectivity index (χ4n) is 3.36. The molecule has 0 unspecified atom stereocenters. The minimum absolute atomic E-state index is 0.0650. The van der Waals surface area contributed by atoms with E-state index in [1.807, 2.05) is 6.92 Å². The van der Waals surface area contributed by atoms with Gasteiger partial charge >= 0.3 is 0 Å². The van der Waals surface area contributed by atoms with Crippen LogP contribution in [0.4, 0.5) is 5.82 Å². The predicted octanol–water partition coefficient (Wildman–Crippen LogP) is 3.06. The number of para-hydroxylation sites is 1. The zero-order valence-corrected chi connectivity index (χ0v) is 17.4. The maximum absolute atomic E-state index is 11.2. The number of nitrogens with two attached hydrogens (primary N) is 2. The second kappa shape index (κ2) is 9.05. The summed E-state index contributed by atoms with van der Waals surface area (Å²) in [5.74, 6) is 1.11. The number of aromatic nitrogens is 1. The topological polar surface area (TPSA) is 133 Å². The summed E-state index contributed by atoms with van der Waals surface area (Å²) >= 11 is 0. The van der Waals surface area contributed by atoms with Crippen LogP contribution in [0, 0.1) is 18.3 Å².